The fraction of sp³-hybridized carbons (Fsp3) is 0.417. The van der Waals surface area contributed by atoms with E-state index in [1.165, 1.54) is 19.1 Å². The van der Waals surface area contributed by atoms with Crippen LogP contribution in [-0.4, -0.2) is 28.4 Å². The lowest BCUT2D eigenvalue weighted by molar-refractivity contribution is -0.157. The van der Waals surface area contributed by atoms with Gasteiger partial charge in [0.2, 0.25) is 0 Å². The van der Waals surface area contributed by atoms with Crippen LogP contribution >= 0.6 is 0 Å². The van der Waals surface area contributed by atoms with Crippen molar-refractivity contribution in [2.75, 3.05) is 0 Å². The summed E-state index contributed by atoms with van der Waals surface area (Å²) in [5, 5.41) is 18.2. The molecule has 0 saturated carbocycles. The highest BCUT2D eigenvalue weighted by molar-refractivity contribution is 5.76. The van der Waals surface area contributed by atoms with Crippen LogP contribution in [0, 0.1) is 0 Å². The highest BCUT2D eigenvalue weighted by atomic mass is 19.3. The predicted molar refractivity (Wildman–Crippen MR) is 59.7 cm³/mol. The number of alkyl halides is 2. The zero-order chi connectivity index (χ0) is 13.8. The number of aryl methyl sites for hydroxylation is 1. The highest BCUT2D eigenvalue weighted by Gasteiger charge is 2.29. The SMILES string of the molecule is CC(O)(CCc1ccc(OC(F)F)cc1)C(=O)O. The molecule has 0 fully saturated rings. The molecule has 2 N–H and O–H groups in total. The number of benzene rings is 1. The summed E-state index contributed by atoms with van der Waals surface area (Å²) in [5.41, 5.74) is -1.06. The number of carbonyl (C=O) groups is 1. The minimum atomic E-state index is -2.87. The first-order chi connectivity index (χ1) is 8.31. The van der Waals surface area contributed by atoms with Gasteiger partial charge in [0.15, 0.2) is 5.60 Å². The molecule has 100 valence electrons. The number of hydrogen-bond acceptors (Lipinski definition) is 3. The lowest BCUT2D eigenvalue weighted by atomic mass is 9.97. The van der Waals surface area contributed by atoms with Gasteiger partial charge < -0.3 is 14.9 Å². The summed E-state index contributed by atoms with van der Waals surface area (Å²) < 4.78 is 28.0. The zero-order valence-corrected chi connectivity index (χ0v) is 9.77. The Morgan fingerprint density at radius 3 is 2.39 bits per heavy atom. The number of carboxylic acids is 1. The number of hydrogen-bond donors (Lipinski definition) is 2. The number of halogens is 2. The van der Waals surface area contributed by atoms with E-state index in [0.717, 1.165) is 5.56 Å². The highest BCUT2D eigenvalue weighted by Crippen LogP contribution is 2.18. The Hall–Kier alpha value is -1.69. The van der Waals surface area contributed by atoms with Crippen LogP contribution in [0.2, 0.25) is 0 Å². The number of carboxylic acid groups (broad SMARTS) is 1. The van der Waals surface area contributed by atoms with Gasteiger partial charge in [-0.1, -0.05) is 12.1 Å². The van der Waals surface area contributed by atoms with Gasteiger partial charge in [0.05, 0.1) is 0 Å². The molecule has 0 aromatic heterocycles. The monoisotopic (exact) mass is 260 g/mol. The molecule has 6 heteroatoms. The second-order valence-corrected chi connectivity index (χ2v) is 4.10. The second-order valence-electron chi connectivity index (χ2n) is 4.10. The summed E-state index contributed by atoms with van der Waals surface area (Å²) in [6, 6.07) is 5.85. The molecule has 0 saturated heterocycles. The molecule has 0 aliphatic rings. The third kappa shape index (κ3) is 4.29. The van der Waals surface area contributed by atoms with Crippen LogP contribution in [0.15, 0.2) is 24.3 Å². The third-order valence-electron chi connectivity index (χ3n) is 2.51. The van der Waals surface area contributed by atoms with Crippen molar-refractivity contribution in [3.05, 3.63) is 29.8 Å². The number of aliphatic hydroxyl groups is 1. The molecular weight excluding hydrogens is 246 g/mol. The summed E-state index contributed by atoms with van der Waals surface area (Å²) in [6.45, 7) is -1.66. The smallest absolute Gasteiger partial charge is 0.387 e. The van der Waals surface area contributed by atoms with E-state index in [0.29, 0.717) is 6.42 Å². The van der Waals surface area contributed by atoms with E-state index in [1.54, 1.807) is 12.1 Å². The van der Waals surface area contributed by atoms with E-state index in [1.807, 2.05) is 0 Å². The molecule has 4 nitrogen and oxygen atoms in total. The Labute approximate surface area is 103 Å². The Morgan fingerprint density at radius 2 is 1.94 bits per heavy atom. The average molecular weight is 260 g/mol. The summed E-state index contributed by atoms with van der Waals surface area (Å²) in [7, 11) is 0. The maximum Gasteiger partial charge on any atom is 0.387 e. The first-order valence-corrected chi connectivity index (χ1v) is 5.31. The molecule has 1 atom stereocenters. The number of aliphatic carboxylic acids is 1. The van der Waals surface area contributed by atoms with E-state index >= 15 is 0 Å². The molecule has 0 spiro atoms. The molecule has 1 unspecified atom stereocenters. The van der Waals surface area contributed by atoms with Crippen LogP contribution in [0.1, 0.15) is 18.9 Å². The van der Waals surface area contributed by atoms with Crippen LogP contribution in [0.4, 0.5) is 8.78 Å². The number of ether oxygens (including phenoxy) is 1. The van der Waals surface area contributed by atoms with Gasteiger partial charge in [-0.05, 0) is 37.5 Å². The summed E-state index contributed by atoms with van der Waals surface area (Å²) in [4.78, 5) is 10.7. The Morgan fingerprint density at radius 1 is 1.39 bits per heavy atom. The largest absolute Gasteiger partial charge is 0.479 e. The van der Waals surface area contributed by atoms with Gasteiger partial charge in [-0.15, -0.1) is 0 Å². The van der Waals surface area contributed by atoms with Crippen molar-refractivity contribution >= 4 is 5.97 Å². The minimum absolute atomic E-state index is 0.0391. The minimum Gasteiger partial charge on any atom is -0.479 e. The van der Waals surface area contributed by atoms with E-state index in [9.17, 15) is 18.7 Å². The van der Waals surface area contributed by atoms with Crippen LogP contribution < -0.4 is 4.74 Å². The van der Waals surface area contributed by atoms with Gasteiger partial charge in [0, 0.05) is 0 Å². The summed E-state index contributed by atoms with van der Waals surface area (Å²) in [5.74, 6) is -1.25. The first kappa shape index (κ1) is 14.4. The molecule has 0 aliphatic carbocycles. The fourth-order valence-corrected chi connectivity index (χ4v) is 1.33. The lowest BCUT2D eigenvalue weighted by Gasteiger charge is -2.17. The first-order valence-electron chi connectivity index (χ1n) is 5.31. The second kappa shape index (κ2) is 5.77. The van der Waals surface area contributed by atoms with Gasteiger partial charge in [0.25, 0.3) is 0 Å². The quantitative estimate of drug-likeness (QED) is 0.821. The van der Waals surface area contributed by atoms with Crippen LogP contribution in [-0.2, 0) is 11.2 Å². The van der Waals surface area contributed by atoms with Crippen LogP contribution in [0.5, 0.6) is 5.75 Å². The van der Waals surface area contributed by atoms with Gasteiger partial charge >= 0.3 is 12.6 Å². The third-order valence-corrected chi connectivity index (χ3v) is 2.51. The van der Waals surface area contributed by atoms with Crippen LogP contribution in [0.3, 0.4) is 0 Å². The van der Waals surface area contributed by atoms with E-state index in [2.05, 4.69) is 4.74 Å². The van der Waals surface area contributed by atoms with Crippen molar-refractivity contribution in [2.45, 2.75) is 32.0 Å². The topological polar surface area (TPSA) is 66.8 Å². The Balaban J connectivity index is 2.57. The maximum absolute atomic E-state index is 11.9. The molecule has 0 amide bonds. The van der Waals surface area contributed by atoms with Gasteiger partial charge in [-0.25, -0.2) is 4.79 Å². The normalized spacial score (nSPS) is 14.3. The Bertz CT molecular complexity index is 401. The van der Waals surface area contributed by atoms with E-state index in [4.69, 9.17) is 5.11 Å². The van der Waals surface area contributed by atoms with Crippen LogP contribution in [0.25, 0.3) is 0 Å². The van der Waals surface area contributed by atoms with Crippen molar-refractivity contribution in [1.29, 1.82) is 0 Å². The fourth-order valence-electron chi connectivity index (χ4n) is 1.33. The van der Waals surface area contributed by atoms with Crippen molar-refractivity contribution in [1.82, 2.24) is 0 Å². The standard InChI is InChI=1S/C12H14F2O4/c1-12(17,10(15)16)7-6-8-2-4-9(5-3-8)18-11(13)14/h2-5,11,17H,6-7H2,1H3,(H,15,16). The van der Waals surface area contributed by atoms with Gasteiger partial charge in [0.1, 0.15) is 5.75 Å². The molecule has 1 rings (SSSR count). The molecule has 1 aromatic rings. The maximum atomic E-state index is 11.9. The molecule has 0 heterocycles. The average Bonchev–Trinajstić information content (AvgIpc) is 2.27. The van der Waals surface area contributed by atoms with E-state index in [-0.39, 0.29) is 12.2 Å². The van der Waals surface area contributed by atoms with Crippen molar-refractivity contribution in [3.8, 4) is 5.75 Å². The van der Waals surface area contributed by atoms with E-state index < -0.39 is 18.2 Å². The summed E-state index contributed by atoms with van der Waals surface area (Å²) >= 11 is 0. The zero-order valence-electron chi connectivity index (χ0n) is 9.77. The lowest BCUT2D eigenvalue weighted by Crippen LogP contribution is -2.35. The van der Waals surface area contributed by atoms with Crippen molar-refractivity contribution in [3.63, 3.8) is 0 Å². The predicted octanol–water partition coefficient (Wildman–Crippen LogP) is 2.06. The molecule has 0 aliphatic heterocycles. The number of rotatable bonds is 6. The molecule has 18 heavy (non-hydrogen) atoms. The summed E-state index contributed by atoms with van der Waals surface area (Å²) in [6.07, 6.45) is 0.367. The van der Waals surface area contributed by atoms with Gasteiger partial charge in [-0.2, -0.15) is 8.78 Å². The molecule has 1 aromatic carbocycles. The Kier molecular flexibility index (Phi) is 4.61. The van der Waals surface area contributed by atoms with Crippen molar-refractivity contribution in [2.24, 2.45) is 0 Å². The molecule has 0 radical (unpaired) electrons. The molecule has 0 bridgehead atoms. The molecular formula is C12H14F2O4. The van der Waals surface area contributed by atoms with Crippen molar-refractivity contribution < 1.29 is 28.5 Å². The van der Waals surface area contributed by atoms with Gasteiger partial charge in [-0.3, -0.25) is 0 Å².